The number of hydrogen-bond donors (Lipinski definition) is 1. The Morgan fingerprint density at radius 2 is 2.12 bits per heavy atom. The zero-order chi connectivity index (χ0) is 12.3. The van der Waals surface area contributed by atoms with E-state index in [-0.39, 0.29) is 12.0 Å². The van der Waals surface area contributed by atoms with E-state index in [4.69, 9.17) is 4.74 Å². The fourth-order valence-electron chi connectivity index (χ4n) is 1.84. The van der Waals surface area contributed by atoms with Gasteiger partial charge in [0.2, 0.25) is 0 Å². The molecule has 2 rings (SSSR count). The van der Waals surface area contributed by atoms with E-state index in [2.05, 4.69) is 17.4 Å². The smallest absolute Gasteiger partial charge is 0.333 e. The molecule has 0 spiro atoms. The maximum absolute atomic E-state index is 11.4. The van der Waals surface area contributed by atoms with Gasteiger partial charge in [-0.25, -0.2) is 4.79 Å². The van der Waals surface area contributed by atoms with Gasteiger partial charge in [-0.1, -0.05) is 36.4 Å². The molecule has 1 aromatic rings. The van der Waals surface area contributed by atoms with Gasteiger partial charge in [-0.3, -0.25) is 0 Å². The summed E-state index contributed by atoms with van der Waals surface area (Å²) in [5.74, 6) is -0.229. The topological polar surface area (TPSA) is 48.2 Å². The summed E-state index contributed by atoms with van der Waals surface area (Å²) < 4.78 is 4.94. The van der Waals surface area contributed by atoms with Gasteiger partial charge in [0.25, 0.3) is 0 Å². The normalized spacial score (nSPS) is 23.3. The van der Waals surface area contributed by atoms with Crippen LogP contribution in [0, 0.1) is 0 Å². The number of benzene rings is 1. The van der Waals surface area contributed by atoms with Crippen LogP contribution in [-0.2, 0) is 9.53 Å². The van der Waals surface area contributed by atoms with Crippen LogP contribution in [0.4, 0.5) is 0 Å². The van der Waals surface area contributed by atoms with Crippen molar-refractivity contribution in [2.45, 2.75) is 25.9 Å². The van der Waals surface area contributed by atoms with Gasteiger partial charge in [-0.15, -0.1) is 0 Å². The molecule has 1 aliphatic heterocycles. The first kappa shape index (κ1) is 11.9. The fraction of sp³-hybridized carbons (Fsp3) is 0.357. The molecule has 1 saturated heterocycles. The standard InChI is InChI=1S/C14H17NO2/c1-3-17-14(16)10(2)9-12-13(15-12)11-7-5-4-6-8-11/h4-9,12-13,15H,3H2,1-2H3/b10-9+/t12-,13-/m1/s1. The lowest BCUT2D eigenvalue weighted by atomic mass is 10.1. The van der Waals surface area contributed by atoms with Gasteiger partial charge in [0.15, 0.2) is 0 Å². The molecule has 3 nitrogen and oxygen atoms in total. The van der Waals surface area contributed by atoms with E-state index in [0.29, 0.717) is 18.2 Å². The Hall–Kier alpha value is -1.61. The molecule has 1 aliphatic rings. The van der Waals surface area contributed by atoms with Crippen molar-refractivity contribution in [2.24, 2.45) is 0 Å². The Morgan fingerprint density at radius 1 is 1.41 bits per heavy atom. The molecule has 0 aliphatic carbocycles. The molecule has 0 amide bonds. The van der Waals surface area contributed by atoms with Crippen molar-refractivity contribution in [1.82, 2.24) is 5.32 Å². The van der Waals surface area contributed by atoms with Crippen molar-refractivity contribution in [2.75, 3.05) is 6.61 Å². The van der Waals surface area contributed by atoms with Crippen molar-refractivity contribution in [3.05, 3.63) is 47.5 Å². The van der Waals surface area contributed by atoms with Crippen molar-refractivity contribution >= 4 is 5.97 Å². The van der Waals surface area contributed by atoms with Crippen LogP contribution in [0.3, 0.4) is 0 Å². The van der Waals surface area contributed by atoms with E-state index in [1.54, 1.807) is 6.92 Å². The minimum absolute atomic E-state index is 0.229. The van der Waals surface area contributed by atoms with Gasteiger partial charge in [0.05, 0.1) is 12.6 Å². The van der Waals surface area contributed by atoms with Crippen molar-refractivity contribution in [3.8, 4) is 0 Å². The zero-order valence-electron chi connectivity index (χ0n) is 10.1. The fourth-order valence-corrected chi connectivity index (χ4v) is 1.84. The average molecular weight is 231 g/mol. The van der Waals surface area contributed by atoms with Crippen LogP contribution in [0.25, 0.3) is 0 Å². The molecule has 0 saturated carbocycles. The van der Waals surface area contributed by atoms with Gasteiger partial charge in [0.1, 0.15) is 0 Å². The first-order chi connectivity index (χ1) is 8.22. The highest BCUT2D eigenvalue weighted by Crippen LogP contribution is 2.30. The monoisotopic (exact) mass is 231 g/mol. The van der Waals surface area contributed by atoms with E-state index >= 15 is 0 Å². The van der Waals surface area contributed by atoms with Gasteiger partial charge in [-0.05, 0) is 19.4 Å². The lowest BCUT2D eigenvalue weighted by Crippen LogP contribution is -2.06. The molecule has 0 radical (unpaired) electrons. The lowest BCUT2D eigenvalue weighted by molar-refractivity contribution is -0.138. The molecule has 0 aromatic heterocycles. The zero-order valence-corrected chi connectivity index (χ0v) is 10.1. The third kappa shape index (κ3) is 2.94. The van der Waals surface area contributed by atoms with Crippen LogP contribution in [-0.4, -0.2) is 18.6 Å². The summed E-state index contributed by atoms with van der Waals surface area (Å²) in [7, 11) is 0. The van der Waals surface area contributed by atoms with E-state index in [9.17, 15) is 4.79 Å². The summed E-state index contributed by atoms with van der Waals surface area (Å²) in [5.41, 5.74) is 1.92. The third-order valence-corrected chi connectivity index (χ3v) is 2.81. The van der Waals surface area contributed by atoms with Crippen molar-refractivity contribution in [3.63, 3.8) is 0 Å². The van der Waals surface area contributed by atoms with Gasteiger partial charge < -0.3 is 10.1 Å². The Kier molecular flexibility index (Phi) is 3.59. The Balaban J connectivity index is 1.95. The number of esters is 1. The van der Waals surface area contributed by atoms with Crippen LogP contribution in [0.1, 0.15) is 25.5 Å². The highest BCUT2D eigenvalue weighted by molar-refractivity contribution is 5.88. The quantitative estimate of drug-likeness (QED) is 0.491. The molecular formula is C14H17NO2. The summed E-state index contributed by atoms with van der Waals surface area (Å²) in [5, 5.41) is 3.33. The van der Waals surface area contributed by atoms with Crippen LogP contribution in [0.15, 0.2) is 42.0 Å². The highest BCUT2D eigenvalue weighted by Gasteiger charge is 2.35. The van der Waals surface area contributed by atoms with Crippen molar-refractivity contribution < 1.29 is 9.53 Å². The molecule has 17 heavy (non-hydrogen) atoms. The number of nitrogens with one attached hydrogen (secondary N) is 1. The molecule has 3 heteroatoms. The maximum atomic E-state index is 11.4. The van der Waals surface area contributed by atoms with E-state index in [1.165, 1.54) is 5.56 Å². The molecule has 2 atom stereocenters. The Labute approximate surface area is 101 Å². The molecule has 0 unspecified atom stereocenters. The molecule has 0 bridgehead atoms. The first-order valence-electron chi connectivity index (χ1n) is 5.89. The number of rotatable bonds is 4. The highest BCUT2D eigenvalue weighted by atomic mass is 16.5. The average Bonchev–Trinajstić information content (AvgIpc) is 3.10. The molecule has 1 heterocycles. The van der Waals surface area contributed by atoms with Crippen LogP contribution in [0.2, 0.25) is 0 Å². The number of carbonyl (C=O) groups excluding carboxylic acids is 1. The SMILES string of the molecule is CCOC(=O)/C(C)=C/[C@H]1N[C@@H]1c1ccccc1. The van der Waals surface area contributed by atoms with Gasteiger partial charge in [0, 0.05) is 11.6 Å². The molecular weight excluding hydrogens is 214 g/mol. The number of hydrogen-bond acceptors (Lipinski definition) is 3. The van der Waals surface area contributed by atoms with Crippen LogP contribution >= 0.6 is 0 Å². The van der Waals surface area contributed by atoms with Crippen LogP contribution < -0.4 is 5.32 Å². The molecule has 1 N–H and O–H groups in total. The van der Waals surface area contributed by atoms with E-state index < -0.39 is 0 Å². The molecule has 1 aromatic carbocycles. The summed E-state index contributed by atoms with van der Waals surface area (Å²) in [6, 6.07) is 10.8. The Morgan fingerprint density at radius 3 is 2.76 bits per heavy atom. The third-order valence-electron chi connectivity index (χ3n) is 2.81. The predicted octanol–water partition coefficient (Wildman–Crippen LogP) is 2.21. The summed E-state index contributed by atoms with van der Waals surface area (Å²) in [4.78, 5) is 11.4. The number of carbonyl (C=O) groups is 1. The van der Waals surface area contributed by atoms with Crippen molar-refractivity contribution in [1.29, 1.82) is 0 Å². The second-order valence-corrected chi connectivity index (χ2v) is 4.15. The largest absolute Gasteiger partial charge is 0.463 e. The lowest BCUT2D eigenvalue weighted by Gasteiger charge is -2.00. The first-order valence-corrected chi connectivity index (χ1v) is 5.89. The predicted molar refractivity (Wildman–Crippen MR) is 66.5 cm³/mol. The maximum Gasteiger partial charge on any atom is 0.333 e. The molecule has 1 fully saturated rings. The van der Waals surface area contributed by atoms with Crippen LogP contribution in [0.5, 0.6) is 0 Å². The molecule has 90 valence electrons. The van der Waals surface area contributed by atoms with Gasteiger partial charge >= 0.3 is 5.97 Å². The summed E-state index contributed by atoms with van der Waals surface area (Å²) >= 11 is 0. The Bertz CT molecular complexity index is 425. The minimum atomic E-state index is -0.229. The summed E-state index contributed by atoms with van der Waals surface area (Å²) in [6.07, 6.45) is 1.94. The number of ether oxygens (including phenoxy) is 1. The van der Waals surface area contributed by atoms with E-state index in [0.717, 1.165) is 0 Å². The summed E-state index contributed by atoms with van der Waals surface area (Å²) in [6.45, 7) is 4.03. The second-order valence-electron chi connectivity index (χ2n) is 4.15. The second kappa shape index (κ2) is 5.15. The van der Waals surface area contributed by atoms with Gasteiger partial charge in [-0.2, -0.15) is 0 Å². The minimum Gasteiger partial charge on any atom is -0.463 e. The van der Waals surface area contributed by atoms with E-state index in [1.807, 2.05) is 31.2 Å².